The van der Waals surface area contributed by atoms with Crippen molar-refractivity contribution in [3.8, 4) is 5.75 Å². The maximum Gasteiger partial charge on any atom is 0.241 e. The van der Waals surface area contributed by atoms with Crippen LogP contribution >= 0.6 is 0 Å². The summed E-state index contributed by atoms with van der Waals surface area (Å²) < 4.78 is 11.3. The molecule has 0 aliphatic carbocycles. The fourth-order valence-electron chi connectivity index (χ4n) is 4.51. The topological polar surface area (TPSA) is 50.8 Å². The van der Waals surface area contributed by atoms with Crippen LogP contribution in [0.15, 0.2) is 54.6 Å². The van der Waals surface area contributed by atoms with E-state index in [0.29, 0.717) is 26.4 Å². The predicted molar refractivity (Wildman–Crippen MR) is 124 cm³/mol. The molecule has 0 radical (unpaired) electrons. The molecular weight excluding hydrogens is 388 g/mol. The van der Waals surface area contributed by atoms with Crippen LogP contribution in [0.25, 0.3) is 0 Å². The van der Waals surface area contributed by atoms with Crippen molar-refractivity contribution >= 4 is 5.91 Å². The number of hydrogen-bond donors (Lipinski definition) is 1. The normalized spacial score (nSPS) is 16.6. The molecule has 2 aromatic carbocycles. The second kappa shape index (κ2) is 11.3. The zero-order valence-electron chi connectivity index (χ0n) is 19.1. The van der Waals surface area contributed by atoms with Crippen LogP contribution in [0.3, 0.4) is 0 Å². The van der Waals surface area contributed by atoms with E-state index in [1.54, 1.807) is 0 Å². The molecule has 31 heavy (non-hydrogen) atoms. The van der Waals surface area contributed by atoms with Crippen LogP contribution in [0.5, 0.6) is 5.75 Å². The number of rotatable bonds is 10. The van der Waals surface area contributed by atoms with Gasteiger partial charge in [-0.15, -0.1) is 0 Å². The number of benzene rings is 2. The van der Waals surface area contributed by atoms with Crippen molar-refractivity contribution in [3.63, 3.8) is 0 Å². The van der Waals surface area contributed by atoms with Crippen LogP contribution in [0, 0.1) is 0 Å². The number of nitrogens with one attached hydrogen (secondary N) is 1. The van der Waals surface area contributed by atoms with Crippen molar-refractivity contribution in [2.75, 3.05) is 39.5 Å². The van der Waals surface area contributed by atoms with Crippen LogP contribution in [0.4, 0.5) is 0 Å². The molecule has 2 aromatic rings. The van der Waals surface area contributed by atoms with Gasteiger partial charge in [-0.3, -0.25) is 9.69 Å². The first-order valence-corrected chi connectivity index (χ1v) is 11.5. The quantitative estimate of drug-likeness (QED) is 0.617. The molecule has 0 spiro atoms. The van der Waals surface area contributed by atoms with E-state index in [9.17, 15) is 4.79 Å². The van der Waals surface area contributed by atoms with Gasteiger partial charge in [0.15, 0.2) is 0 Å². The van der Waals surface area contributed by atoms with Gasteiger partial charge in [-0.05, 0) is 56.1 Å². The summed E-state index contributed by atoms with van der Waals surface area (Å²) in [6, 6.07) is 18.1. The minimum absolute atomic E-state index is 0.0618. The lowest BCUT2D eigenvalue weighted by atomic mass is 9.74. The van der Waals surface area contributed by atoms with Gasteiger partial charge in [-0.25, -0.2) is 0 Å². The number of carbonyl (C=O) groups excluding carboxylic acids is 1. The molecule has 0 saturated carbocycles. The van der Waals surface area contributed by atoms with Crippen molar-refractivity contribution in [2.24, 2.45) is 0 Å². The Morgan fingerprint density at radius 2 is 1.68 bits per heavy atom. The molecule has 1 atom stereocenters. The first-order chi connectivity index (χ1) is 15.1. The summed E-state index contributed by atoms with van der Waals surface area (Å²) in [6.07, 6.45) is 1.78. The molecular formula is C26H36N2O3. The van der Waals surface area contributed by atoms with Crippen LogP contribution < -0.4 is 10.1 Å². The Morgan fingerprint density at radius 3 is 2.26 bits per heavy atom. The van der Waals surface area contributed by atoms with Crippen LogP contribution in [-0.4, -0.2) is 50.3 Å². The lowest BCUT2D eigenvalue weighted by Crippen LogP contribution is -2.48. The van der Waals surface area contributed by atoms with E-state index in [2.05, 4.69) is 36.2 Å². The molecule has 168 valence electrons. The molecule has 1 unspecified atom stereocenters. The van der Waals surface area contributed by atoms with Crippen molar-refractivity contribution in [3.05, 3.63) is 65.7 Å². The fraction of sp³-hybridized carbons (Fsp3) is 0.500. The molecule has 1 saturated heterocycles. The Balaban J connectivity index is 1.80. The van der Waals surface area contributed by atoms with Crippen molar-refractivity contribution in [1.82, 2.24) is 10.2 Å². The maximum atomic E-state index is 13.5. The third kappa shape index (κ3) is 5.66. The number of ether oxygens (including phenoxy) is 2. The van der Waals surface area contributed by atoms with Gasteiger partial charge in [-0.2, -0.15) is 0 Å². The average Bonchev–Trinajstić information content (AvgIpc) is 2.83. The molecule has 5 heteroatoms. The van der Waals surface area contributed by atoms with E-state index in [1.807, 2.05) is 49.4 Å². The molecule has 1 fully saturated rings. The highest BCUT2D eigenvalue weighted by Crippen LogP contribution is 2.35. The molecule has 1 heterocycles. The van der Waals surface area contributed by atoms with E-state index in [1.165, 1.54) is 5.56 Å². The Bertz CT molecular complexity index is 797. The predicted octanol–water partition coefficient (Wildman–Crippen LogP) is 4.33. The second-order valence-corrected chi connectivity index (χ2v) is 8.10. The number of hydrogen-bond acceptors (Lipinski definition) is 4. The average molecular weight is 425 g/mol. The van der Waals surface area contributed by atoms with Gasteiger partial charge in [0.25, 0.3) is 0 Å². The van der Waals surface area contributed by atoms with Gasteiger partial charge in [0, 0.05) is 25.2 Å². The number of amides is 1. The van der Waals surface area contributed by atoms with E-state index in [-0.39, 0.29) is 17.4 Å². The molecule has 1 amide bonds. The van der Waals surface area contributed by atoms with Crippen molar-refractivity contribution in [1.29, 1.82) is 0 Å². The molecule has 1 aliphatic heterocycles. The highest BCUT2D eigenvalue weighted by Gasteiger charge is 2.36. The first-order valence-electron chi connectivity index (χ1n) is 11.5. The summed E-state index contributed by atoms with van der Waals surface area (Å²) in [6.45, 7) is 10.5. The molecule has 5 nitrogen and oxygen atoms in total. The van der Waals surface area contributed by atoms with Gasteiger partial charge < -0.3 is 14.8 Å². The van der Waals surface area contributed by atoms with E-state index >= 15 is 0 Å². The summed E-state index contributed by atoms with van der Waals surface area (Å²) in [7, 11) is 0. The van der Waals surface area contributed by atoms with Crippen LogP contribution in [0.2, 0.25) is 0 Å². The minimum Gasteiger partial charge on any atom is -0.494 e. The summed E-state index contributed by atoms with van der Waals surface area (Å²) >= 11 is 0. The SMILES string of the molecule is CCOc1ccc(C2(CNC(=O)C(c3ccccc3)N(CC)CC)CCOCC2)cc1. The van der Waals surface area contributed by atoms with Crippen LogP contribution in [-0.2, 0) is 14.9 Å². The Morgan fingerprint density at radius 1 is 1.03 bits per heavy atom. The minimum atomic E-state index is -0.284. The lowest BCUT2D eigenvalue weighted by molar-refractivity contribution is -0.127. The molecule has 3 rings (SSSR count). The van der Waals surface area contributed by atoms with E-state index in [4.69, 9.17) is 9.47 Å². The molecule has 0 aromatic heterocycles. The summed E-state index contributed by atoms with van der Waals surface area (Å²) in [5, 5.41) is 3.31. The largest absolute Gasteiger partial charge is 0.494 e. The van der Waals surface area contributed by atoms with Crippen molar-refractivity contribution < 1.29 is 14.3 Å². The molecule has 0 bridgehead atoms. The molecule has 1 N–H and O–H groups in total. The van der Waals surface area contributed by atoms with Gasteiger partial charge >= 0.3 is 0 Å². The van der Waals surface area contributed by atoms with Gasteiger partial charge in [0.2, 0.25) is 5.91 Å². The first kappa shape index (κ1) is 23.3. The number of carbonyl (C=O) groups is 1. The van der Waals surface area contributed by atoms with Crippen molar-refractivity contribution in [2.45, 2.75) is 45.1 Å². The maximum absolute atomic E-state index is 13.5. The standard InChI is InChI=1S/C26H36N2O3/c1-4-28(5-2)24(21-10-8-7-9-11-21)25(29)27-20-26(16-18-30-19-17-26)22-12-14-23(15-13-22)31-6-3/h7-15,24H,4-6,16-20H2,1-3H3,(H,27,29). The Kier molecular flexibility index (Phi) is 8.50. The number of nitrogens with zero attached hydrogens (tertiary/aromatic N) is 1. The van der Waals surface area contributed by atoms with E-state index in [0.717, 1.165) is 37.2 Å². The van der Waals surface area contributed by atoms with Gasteiger partial charge in [0.05, 0.1) is 6.61 Å². The summed E-state index contributed by atoms with van der Waals surface area (Å²) in [5.74, 6) is 0.940. The highest BCUT2D eigenvalue weighted by atomic mass is 16.5. The smallest absolute Gasteiger partial charge is 0.241 e. The monoisotopic (exact) mass is 424 g/mol. The third-order valence-corrected chi connectivity index (χ3v) is 6.37. The second-order valence-electron chi connectivity index (χ2n) is 8.10. The van der Waals surface area contributed by atoms with Gasteiger partial charge in [-0.1, -0.05) is 56.3 Å². The zero-order chi connectivity index (χ0) is 22.1. The highest BCUT2D eigenvalue weighted by molar-refractivity contribution is 5.83. The summed E-state index contributed by atoms with van der Waals surface area (Å²) in [5.41, 5.74) is 2.15. The van der Waals surface area contributed by atoms with Crippen LogP contribution in [0.1, 0.15) is 50.8 Å². The van der Waals surface area contributed by atoms with E-state index < -0.39 is 0 Å². The lowest BCUT2D eigenvalue weighted by Gasteiger charge is -2.39. The third-order valence-electron chi connectivity index (χ3n) is 6.37. The molecule has 1 aliphatic rings. The summed E-state index contributed by atoms with van der Waals surface area (Å²) in [4.78, 5) is 15.7. The Labute approximate surface area is 186 Å². The van der Waals surface area contributed by atoms with Gasteiger partial charge in [0.1, 0.15) is 11.8 Å². The Hall–Kier alpha value is -2.37. The number of likely N-dealkylation sites (N-methyl/N-ethyl adjacent to an activating group) is 1. The fourth-order valence-corrected chi connectivity index (χ4v) is 4.51. The zero-order valence-corrected chi connectivity index (χ0v) is 19.1.